The molecule has 2 rings (SSSR count). The maximum absolute atomic E-state index is 13.1. The molecule has 1 saturated heterocycles. The van der Waals surface area contributed by atoms with Gasteiger partial charge in [-0.05, 0) is 36.6 Å². The van der Waals surface area contributed by atoms with E-state index in [4.69, 9.17) is 5.73 Å². The molecule has 1 fully saturated rings. The van der Waals surface area contributed by atoms with Crippen LogP contribution < -0.4 is 5.73 Å². The van der Waals surface area contributed by atoms with Crippen LogP contribution in [0.4, 0.5) is 10.1 Å². The summed E-state index contributed by atoms with van der Waals surface area (Å²) in [5.74, 6) is -0.200. The lowest BCUT2D eigenvalue weighted by Crippen LogP contribution is -2.34. The molecule has 0 atom stereocenters. The third-order valence-corrected chi connectivity index (χ3v) is 2.77. The fourth-order valence-electron chi connectivity index (χ4n) is 2.02. The van der Waals surface area contributed by atoms with E-state index in [0.29, 0.717) is 18.7 Å². The normalized spacial score (nSPS) is 16.6. The molecule has 0 bridgehead atoms. The number of halogens is 1. The Kier molecular flexibility index (Phi) is 3.08. The Hall–Kier alpha value is -1.58. The standard InChI is InChI=1S/C12H15FN2O/c13-10-5-9(6-11(14)7-10)8-15-4-2-1-3-12(15)16/h5-7H,1-4,8,14H2. The summed E-state index contributed by atoms with van der Waals surface area (Å²) in [6.45, 7) is 1.22. The maximum atomic E-state index is 13.1. The lowest BCUT2D eigenvalue weighted by Gasteiger charge is -2.26. The monoisotopic (exact) mass is 222 g/mol. The number of likely N-dealkylation sites (tertiary alicyclic amines) is 1. The Labute approximate surface area is 94.0 Å². The molecule has 0 aliphatic carbocycles. The summed E-state index contributed by atoms with van der Waals surface area (Å²) in [4.78, 5) is 13.3. The van der Waals surface area contributed by atoms with Gasteiger partial charge in [-0.1, -0.05) is 0 Å². The van der Waals surface area contributed by atoms with Crippen LogP contribution in [0, 0.1) is 5.82 Å². The van der Waals surface area contributed by atoms with Crippen LogP contribution in [0.1, 0.15) is 24.8 Å². The zero-order valence-electron chi connectivity index (χ0n) is 9.08. The summed E-state index contributed by atoms with van der Waals surface area (Å²) in [6, 6.07) is 4.42. The molecule has 3 nitrogen and oxygen atoms in total. The highest BCUT2D eigenvalue weighted by molar-refractivity contribution is 5.76. The SMILES string of the molecule is Nc1cc(F)cc(CN2CCCCC2=O)c1. The van der Waals surface area contributed by atoms with Gasteiger partial charge in [0.15, 0.2) is 0 Å². The van der Waals surface area contributed by atoms with Gasteiger partial charge in [-0.2, -0.15) is 0 Å². The van der Waals surface area contributed by atoms with Crippen molar-refractivity contribution in [3.05, 3.63) is 29.6 Å². The van der Waals surface area contributed by atoms with Crippen LogP contribution in [0.15, 0.2) is 18.2 Å². The van der Waals surface area contributed by atoms with Gasteiger partial charge in [-0.15, -0.1) is 0 Å². The van der Waals surface area contributed by atoms with Crippen molar-refractivity contribution in [1.82, 2.24) is 4.90 Å². The molecule has 4 heteroatoms. The summed E-state index contributed by atoms with van der Waals surface area (Å²) >= 11 is 0. The summed E-state index contributed by atoms with van der Waals surface area (Å²) in [6.07, 6.45) is 2.59. The minimum absolute atomic E-state index is 0.147. The molecule has 0 saturated carbocycles. The number of hydrogen-bond acceptors (Lipinski definition) is 2. The number of carbonyl (C=O) groups excluding carboxylic acids is 1. The van der Waals surface area contributed by atoms with Gasteiger partial charge in [0.2, 0.25) is 5.91 Å². The first kappa shape index (κ1) is 10.9. The predicted molar refractivity (Wildman–Crippen MR) is 60.1 cm³/mol. The number of carbonyl (C=O) groups is 1. The minimum atomic E-state index is -0.348. The third kappa shape index (κ3) is 2.51. The Bertz CT molecular complexity index is 386. The van der Waals surface area contributed by atoms with Crippen LogP contribution in [0.5, 0.6) is 0 Å². The lowest BCUT2D eigenvalue weighted by atomic mass is 10.1. The molecule has 1 amide bonds. The van der Waals surface area contributed by atoms with E-state index >= 15 is 0 Å². The van der Waals surface area contributed by atoms with Gasteiger partial charge in [-0.25, -0.2) is 4.39 Å². The first-order chi connectivity index (χ1) is 7.65. The molecule has 1 aromatic carbocycles. The minimum Gasteiger partial charge on any atom is -0.399 e. The molecular weight excluding hydrogens is 207 g/mol. The van der Waals surface area contributed by atoms with Crippen LogP contribution in [0.2, 0.25) is 0 Å². The van der Waals surface area contributed by atoms with Gasteiger partial charge < -0.3 is 10.6 Å². The number of rotatable bonds is 2. The number of benzene rings is 1. The van der Waals surface area contributed by atoms with E-state index in [-0.39, 0.29) is 11.7 Å². The van der Waals surface area contributed by atoms with Crippen molar-refractivity contribution in [2.75, 3.05) is 12.3 Å². The number of piperidine rings is 1. The third-order valence-electron chi connectivity index (χ3n) is 2.77. The number of nitrogen functional groups attached to an aromatic ring is 1. The van der Waals surface area contributed by atoms with E-state index in [9.17, 15) is 9.18 Å². The average Bonchev–Trinajstić information content (AvgIpc) is 2.20. The van der Waals surface area contributed by atoms with E-state index < -0.39 is 0 Å². The quantitative estimate of drug-likeness (QED) is 0.777. The molecule has 0 spiro atoms. The average molecular weight is 222 g/mol. The van der Waals surface area contributed by atoms with Gasteiger partial charge in [0.1, 0.15) is 5.82 Å². The summed E-state index contributed by atoms with van der Waals surface area (Å²) in [5.41, 5.74) is 6.72. The van der Waals surface area contributed by atoms with Crippen LogP contribution in [0.25, 0.3) is 0 Å². The van der Waals surface area contributed by atoms with Gasteiger partial charge in [0, 0.05) is 25.2 Å². The predicted octanol–water partition coefficient (Wildman–Crippen LogP) is 1.92. The Morgan fingerprint density at radius 1 is 1.31 bits per heavy atom. The maximum Gasteiger partial charge on any atom is 0.222 e. The molecule has 0 radical (unpaired) electrons. The fourth-order valence-corrected chi connectivity index (χ4v) is 2.02. The zero-order chi connectivity index (χ0) is 11.5. The topological polar surface area (TPSA) is 46.3 Å². The van der Waals surface area contributed by atoms with E-state index in [0.717, 1.165) is 24.9 Å². The Morgan fingerprint density at radius 3 is 2.81 bits per heavy atom. The van der Waals surface area contributed by atoms with E-state index in [2.05, 4.69) is 0 Å². The molecule has 2 N–H and O–H groups in total. The van der Waals surface area contributed by atoms with Crippen molar-refractivity contribution in [2.45, 2.75) is 25.8 Å². The second-order valence-electron chi connectivity index (χ2n) is 4.17. The fraction of sp³-hybridized carbons (Fsp3) is 0.417. The number of amides is 1. The second kappa shape index (κ2) is 4.51. The Morgan fingerprint density at radius 2 is 2.12 bits per heavy atom. The van der Waals surface area contributed by atoms with Crippen molar-refractivity contribution >= 4 is 11.6 Å². The molecule has 0 unspecified atom stereocenters. The smallest absolute Gasteiger partial charge is 0.222 e. The summed E-state index contributed by atoms with van der Waals surface area (Å²) in [5, 5.41) is 0. The van der Waals surface area contributed by atoms with Gasteiger partial charge in [-0.3, -0.25) is 4.79 Å². The highest BCUT2D eigenvalue weighted by Gasteiger charge is 2.18. The molecule has 1 aromatic rings. The van der Waals surface area contributed by atoms with E-state index in [1.54, 1.807) is 11.0 Å². The molecule has 0 aromatic heterocycles. The van der Waals surface area contributed by atoms with E-state index in [1.165, 1.54) is 12.1 Å². The van der Waals surface area contributed by atoms with Crippen molar-refractivity contribution in [2.24, 2.45) is 0 Å². The van der Waals surface area contributed by atoms with Gasteiger partial charge >= 0.3 is 0 Å². The zero-order valence-corrected chi connectivity index (χ0v) is 9.08. The molecule has 1 aliphatic heterocycles. The van der Waals surface area contributed by atoms with Crippen molar-refractivity contribution in [1.29, 1.82) is 0 Å². The van der Waals surface area contributed by atoms with Gasteiger partial charge in [0.05, 0.1) is 0 Å². The van der Waals surface area contributed by atoms with Gasteiger partial charge in [0.25, 0.3) is 0 Å². The largest absolute Gasteiger partial charge is 0.399 e. The Balaban J connectivity index is 2.10. The number of nitrogens with zero attached hydrogens (tertiary/aromatic N) is 1. The summed E-state index contributed by atoms with van der Waals surface area (Å²) in [7, 11) is 0. The number of anilines is 1. The van der Waals surface area contributed by atoms with Crippen molar-refractivity contribution in [3.8, 4) is 0 Å². The van der Waals surface area contributed by atoms with Crippen LogP contribution in [-0.4, -0.2) is 17.4 Å². The summed E-state index contributed by atoms with van der Waals surface area (Å²) < 4.78 is 13.1. The molecule has 1 heterocycles. The molecular formula is C12H15FN2O. The highest BCUT2D eigenvalue weighted by atomic mass is 19.1. The van der Waals surface area contributed by atoms with Crippen molar-refractivity contribution < 1.29 is 9.18 Å². The van der Waals surface area contributed by atoms with Crippen LogP contribution in [-0.2, 0) is 11.3 Å². The first-order valence-corrected chi connectivity index (χ1v) is 5.48. The highest BCUT2D eigenvalue weighted by Crippen LogP contribution is 2.17. The molecule has 86 valence electrons. The molecule has 16 heavy (non-hydrogen) atoms. The first-order valence-electron chi connectivity index (χ1n) is 5.48. The molecule has 1 aliphatic rings. The number of hydrogen-bond donors (Lipinski definition) is 1. The van der Waals surface area contributed by atoms with Crippen LogP contribution in [0.3, 0.4) is 0 Å². The number of nitrogens with two attached hydrogens (primary N) is 1. The van der Waals surface area contributed by atoms with E-state index in [1.807, 2.05) is 0 Å². The van der Waals surface area contributed by atoms with Crippen LogP contribution >= 0.6 is 0 Å². The lowest BCUT2D eigenvalue weighted by molar-refractivity contribution is -0.133. The second-order valence-corrected chi connectivity index (χ2v) is 4.17. The van der Waals surface area contributed by atoms with Crippen molar-refractivity contribution in [3.63, 3.8) is 0 Å².